The normalized spacial score (nSPS) is 9.17. The van der Waals surface area contributed by atoms with Crippen LogP contribution in [0.5, 0.6) is 0 Å². The number of amides is 3. The first-order valence-corrected chi connectivity index (χ1v) is 6.11. The molecule has 6 nitrogen and oxygen atoms in total. The van der Waals surface area contributed by atoms with E-state index < -0.39 is 6.03 Å². The zero-order valence-corrected chi connectivity index (χ0v) is 10.5. The molecule has 1 aromatic heterocycles. The molecule has 0 aliphatic rings. The topological polar surface area (TPSA) is 110 Å². The zero-order chi connectivity index (χ0) is 13.4. The summed E-state index contributed by atoms with van der Waals surface area (Å²) in [7, 11) is 0. The summed E-state index contributed by atoms with van der Waals surface area (Å²) >= 11 is 1.31. The number of carbonyl (C=O) groups excluding carboxylic acids is 2. The van der Waals surface area contributed by atoms with Gasteiger partial charge in [0, 0.05) is 18.7 Å². The molecule has 0 fully saturated rings. The lowest BCUT2D eigenvalue weighted by Crippen LogP contribution is -2.37. The highest BCUT2D eigenvalue weighted by Crippen LogP contribution is 2.15. The third kappa shape index (κ3) is 4.45. The van der Waals surface area contributed by atoms with Crippen LogP contribution in [0.1, 0.15) is 15.2 Å². The molecule has 0 saturated carbocycles. The fourth-order valence-electron chi connectivity index (χ4n) is 1.17. The lowest BCUT2D eigenvalue weighted by Gasteiger charge is -2.04. The van der Waals surface area contributed by atoms with Crippen LogP contribution >= 0.6 is 11.3 Å². The molecule has 0 saturated heterocycles. The van der Waals surface area contributed by atoms with Crippen molar-refractivity contribution in [1.82, 2.24) is 10.6 Å². The molecule has 0 aliphatic heterocycles. The van der Waals surface area contributed by atoms with E-state index in [1.54, 1.807) is 11.4 Å². The summed E-state index contributed by atoms with van der Waals surface area (Å²) < 4.78 is 0. The maximum absolute atomic E-state index is 11.8. The van der Waals surface area contributed by atoms with Crippen LogP contribution in [0.2, 0.25) is 0 Å². The SMILES string of the molecule is NCC#Cc1ccsc1C(=O)NCCNC(N)=O. The molecule has 0 aromatic carbocycles. The summed E-state index contributed by atoms with van der Waals surface area (Å²) in [4.78, 5) is 22.7. The Morgan fingerprint density at radius 1 is 1.33 bits per heavy atom. The first kappa shape index (κ1) is 14.0. The number of nitrogens with one attached hydrogen (secondary N) is 2. The number of thiophene rings is 1. The number of primary amides is 1. The van der Waals surface area contributed by atoms with E-state index in [1.807, 2.05) is 0 Å². The summed E-state index contributed by atoms with van der Waals surface area (Å²) in [5.41, 5.74) is 10.8. The molecule has 0 atom stereocenters. The van der Waals surface area contributed by atoms with Gasteiger partial charge in [-0.25, -0.2) is 4.79 Å². The fourth-order valence-corrected chi connectivity index (χ4v) is 1.94. The summed E-state index contributed by atoms with van der Waals surface area (Å²) in [6.45, 7) is 0.846. The zero-order valence-electron chi connectivity index (χ0n) is 9.66. The monoisotopic (exact) mass is 266 g/mol. The highest BCUT2D eigenvalue weighted by Gasteiger charge is 2.10. The number of rotatable bonds is 4. The third-order valence-corrected chi connectivity index (χ3v) is 2.82. The Morgan fingerprint density at radius 2 is 2.06 bits per heavy atom. The highest BCUT2D eigenvalue weighted by molar-refractivity contribution is 7.12. The molecule has 18 heavy (non-hydrogen) atoms. The van der Waals surface area contributed by atoms with Crippen LogP contribution in [0.4, 0.5) is 4.79 Å². The first-order chi connectivity index (χ1) is 8.65. The van der Waals surface area contributed by atoms with Gasteiger partial charge < -0.3 is 22.1 Å². The van der Waals surface area contributed by atoms with Gasteiger partial charge in [-0.1, -0.05) is 11.8 Å². The van der Waals surface area contributed by atoms with E-state index >= 15 is 0 Å². The summed E-state index contributed by atoms with van der Waals surface area (Å²) in [5, 5.41) is 6.83. The van der Waals surface area contributed by atoms with Crippen LogP contribution < -0.4 is 22.1 Å². The summed E-state index contributed by atoms with van der Waals surface area (Å²) in [5.74, 6) is 5.30. The molecule has 96 valence electrons. The van der Waals surface area contributed by atoms with E-state index in [0.29, 0.717) is 17.0 Å². The molecular formula is C11H14N4O2S. The smallest absolute Gasteiger partial charge is 0.312 e. The van der Waals surface area contributed by atoms with Gasteiger partial charge in [-0.15, -0.1) is 11.3 Å². The van der Waals surface area contributed by atoms with Gasteiger partial charge >= 0.3 is 6.03 Å². The van der Waals surface area contributed by atoms with Gasteiger partial charge in [0.15, 0.2) is 0 Å². The molecule has 0 radical (unpaired) electrons. The van der Waals surface area contributed by atoms with Crippen LogP contribution in [-0.4, -0.2) is 31.6 Å². The molecule has 1 heterocycles. The second-order valence-corrected chi connectivity index (χ2v) is 4.13. The van der Waals surface area contributed by atoms with Gasteiger partial charge in [-0.05, 0) is 11.4 Å². The Balaban J connectivity index is 2.51. The van der Waals surface area contributed by atoms with Crippen molar-refractivity contribution in [3.8, 4) is 11.8 Å². The molecule has 0 aliphatic carbocycles. The lowest BCUT2D eigenvalue weighted by atomic mass is 10.2. The van der Waals surface area contributed by atoms with Crippen LogP contribution in [0.15, 0.2) is 11.4 Å². The van der Waals surface area contributed by atoms with Crippen molar-refractivity contribution in [3.63, 3.8) is 0 Å². The molecule has 1 aromatic rings. The predicted molar refractivity (Wildman–Crippen MR) is 70.2 cm³/mol. The summed E-state index contributed by atoms with van der Waals surface area (Å²) in [6.07, 6.45) is 0. The Bertz CT molecular complexity index is 487. The average Bonchev–Trinajstić information content (AvgIpc) is 2.79. The highest BCUT2D eigenvalue weighted by atomic mass is 32.1. The second kappa shape index (κ2) is 7.32. The van der Waals surface area contributed by atoms with Crippen LogP contribution in [0.25, 0.3) is 0 Å². The standard InChI is InChI=1S/C11H14N4O2S/c12-4-1-2-8-3-7-18-9(8)10(16)14-5-6-15-11(13)17/h3,7H,4-6,12H2,(H,14,16)(H3,13,15,17). The first-order valence-electron chi connectivity index (χ1n) is 5.23. The Morgan fingerprint density at radius 3 is 2.72 bits per heavy atom. The van der Waals surface area contributed by atoms with Gasteiger partial charge in [-0.3, -0.25) is 4.79 Å². The third-order valence-electron chi connectivity index (χ3n) is 1.91. The minimum Gasteiger partial charge on any atom is -0.352 e. The Hall–Kier alpha value is -2.04. The lowest BCUT2D eigenvalue weighted by molar-refractivity contribution is 0.0957. The number of carbonyl (C=O) groups is 2. The summed E-state index contributed by atoms with van der Waals surface area (Å²) in [6, 6.07) is 1.15. The van der Waals surface area contributed by atoms with Crippen molar-refractivity contribution in [2.24, 2.45) is 11.5 Å². The number of urea groups is 1. The van der Waals surface area contributed by atoms with Crippen LogP contribution in [0, 0.1) is 11.8 Å². The Labute approximate surface area is 109 Å². The van der Waals surface area contributed by atoms with Gasteiger partial charge in [-0.2, -0.15) is 0 Å². The number of hydrogen-bond donors (Lipinski definition) is 4. The molecule has 1 rings (SSSR count). The Kier molecular flexibility index (Phi) is 5.70. The van der Waals surface area contributed by atoms with Gasteiger partial charge in [0.05, 0.1) is 6.54 Å². The molecule has 3 amide bonds. The van der Waals surface area contributed by atoms with Crippen LogP contribution in [0.3, 0.4) is 0 Å². The van der Waals surface area contributed by atoms with Crippen molar-refractivity contribution < 1.29 is 9.59 Å². The van der Waals surface area contributed by atoms with Crippen molar-refractivity contribution in [1.29, 1.82) is 0 Å². The van der Waals surface area contributed by atoms with E-state index in [0.717, 1.165) is 0 Å². The fraction of sp³-hybridized carbons (Fsp3) is 0.273. The molecule has 7 heteroatoms. The minimum absolute atomic E-state index is 0.224. The van der Waals surface area contributed by atoms with Crippen molar-refractivity contribution >= 4 is 23.3 Å². The predicted octanol–water partition coefficient (Wildman–Crippen LogP) is -0.544. The maximum atomic E-state index is 11.8. The van der Waals surface area contributed by atoms with E-state index in [1.165, 1.54) is 11.3 Å². The van der Waals surface area contributed by atoms with E-state index in [9.17, 15) is 9.59 Å². The van der Waals surface area contributed by atoms with Gasteiger partial charge in [0.25, 0.3) is 5.91 Å². The van der Waals surface area contributed by atoms with E-state index in [-0.39, 0.29) is 19.0 Å². The van der Waals surface area contributed by atoms with Crippen molar-refractivity contribution in [3.05, 3.63) is 21.9 Å². The molecule has 6 N–H and O–H groups in total. The van der Waals surface area contributed by atoms with Crippen LogP contribution in [-0.2, 0) is 0 Å². The van der Waals surface area contributed by atoms with E-state index in [4.69, 9.17) is 11.5 Å². The average molecular weight is 266 g/mol. The van der Waals surface area contributed by atoms with Gasteiger partial charge in [0.1, 0.15) is 4.88 Å². The quantitative estimate of drug-likeness (QED) is 0.434. The molecule has 0 bridgehead atoms. The molecule has 0 spiro atoms. The number of nitrogens with two attached hydrogens (primary N) is 2. The van der Waals surface area contributed by atoms with Crippen molar-refractivity contribution in [2.45, 2.75) is 0 Å². The maximum Gasteiger partial charge on any atom is 0.312 e. The second-order valence-electron chi connectivity index (χ2n) is 3.22. The molecular weight excluding hydrogens is 252 g/mol. The largest absolute Gasteiger partial charge is 0.352 e. The molecule has 0 unspecified atom stereocenters. The van der Waals surface area contributed by atoms with E-state index in [2.05, 4.69) is 22.5 Å². The van der Waals surface area contributed by atoms with Gasteiger partial charge in [0.2, 0.25) is 0 Å². The van der Waals surface area contributed by atoms with Crippen molar-refractivity contribution in [2.75, 3.05) is 19.6 Å². The minimum atomic E-state index is -0.616. The number of hydrogen-bond acceptors (Lipinski definition) is 4.